The average molecular weight is 411 g/mol. The van der Waals surface area contributed by atoms with E-state index in [1.807, 2.05) is 0 Å². The van der Waals surface area contributed by atoms with Crippen LogP contribution in [0.2, 0.25) is 0 Å². The van der Waals surface area contributed by atoms with E-state index in [0.717, 1.165) is 44.9 Å². The van der Waals surface area contributed by atoms with Crippen LogP contribution in [0.3, 0.4) is 0 Å². The number of rotatable bonds is 19. The van der Waals surface area contributed by atoms with Gasteiger partial charge in [-0.3, -0.25) is 14.9 Å². The van der Waals surface area contributed by atoms with Crippen molar-refractivity contribution < 1.29 is 19.2 Å². The summed E-state index contributed by atoms with van der Waals surface area (Å²) in [6.45, 7) is 2.09. The van der Waals surface area contributed by atoms with Gasteiger partial charge in [-0.05, 0) is 31.8 Å². The van der Waals surface area contributed by atoms with E-state index in [4.69, 9.17) is 14.7 Å². The van der Waals surface area contributed by atoms with Crippen molar-refractivity contribution in [3.05, 3.63) is 22.3 Å². The molecule has 0 radical (unpaired) electrons. The highest BCUT2D eigenvalue weighted by atomic mass is 16.7. The first-order valence-electron chi connectivity index (χ1n) is 10.7. The third kappa shape index (κ3) is 13.9. The lowest BCUT2D eigenvalue weighted by Gasteiger charge is -2.23. The number of nitriles is 1. The zero-order chi connectivity index (χ0) is 21.9. The molecule has 0 saturated carbocycles. The quantitative estimate of drug-likeness (QED) is 0.0951. The Bertz CT molecular complexity index is 512. The van der Waals surface area contributed by atoms with Crippen molar-refractivity contribution in [1.82, 2.24) is 0 Å². The Morgan fingerprint density at radius 3 is 2.41 bits per heavy atom. The molecule has 0 fully saturated rings. The third-order valence-electron chi connectivity index (χ3n) is 5.16. The SMILES string of the molecule is CCCCCC(=O)/C=C/C[C@H](CCCCCCC#N)[C@@H](CC(OC)OC)[N+](=O)[O-]. The van der Waals surface area contributed by atoms with Crippen LogP contribution in [0, 0.1) is 27.4 Å². The maximum absolute atomic E-state index is 11.9. The van der Waals surface area contributed by atoms with Crippen molar-refractivity contribution in [2.75, 3.05) is 14.2 Å². The molecule has 0 aliphatic rings. The molecule has 0 aliphatic heterocycles. The number of ether oxygens (including phenoxy) is 2. The number of carbonyl (C=O) groups is 1. The summed E-state index contributed by atoms with van der Waals surface area (Å²) in [5.41, 5.74) is 0. The first-order chi connectivity index (χ1) is 14.0. The van der Waals surface area contributed by atoms with Gasteiger partial charge in [-0.25, -0.2) is 0 Å². The Kier molecular flexibility index (Phi) is 17.1. The van der Waals surface area contributed by atoms with Gasteiger partial charge in [0.1, 0.15) is 0 Å². The normalized spacial score (nSPS) is 13.5. The van der Waals surface area contributed by atoms with Crippen LogP contribution in [-0.2, 0) is 14.3 Å². The number of hydrogen-bond donors (Lipinski definition) is 0. The number of carbonyl (C=O) groups excluding carboxylic acids is 1. The maximum atomic E-state index is 11.9. The van der Waals surface area contributed by atoms with Gasteiger partial charge in [0.2, 0.25) is 6.04 Å². The molecule has 0 unspecified atom stereocenters. The summed E-state index contributed by atoms with van der Waals surface area (Å²) in [6.07, 6.45) is 11.8. The van der Waals surface area contributed by atoms with Crippen LogP contribution in [0.15, 0.2) is 12.2 Å². The standard InChI is InChI=1S/C22H38N2O5/c1-4-5-9-15-20(25)16-12-14-19(13-10-7-6-8-11-17-23)21(24(26)27)18-22(28-2)29-3/h12,16,19,21-22H,4-11,13-15,18H2,1-3H3/b16-12+/t19-,21+/m0/s1. The lowest BCUT2D eigenvalue weighted by atomic mass is 9.88. The highest BCUT2D eigenvalue weighted by molar-refractivity contribution is 5.89. The number of ketones is 1. The lowest BCUT2D eigenvalue weighted by Crippen LogP contribution is -2.34. The van der Waals surface area contributed by atoms with Gasteiger partial charge in [-0.1, -0.05) is 45.1 Å². The molecule has 166 valence electrons. The molecule has 7 heteroatoms. The van der Waals surface area contributed by atoms with E-state index in [0.29, 0.717) is 25.7 Å². The number of methoxy groups -OCH3 is 2. The minimum absolute atomic E-state index is 0.0815. The summed E-state index contributed by atoms with van der Waals surface area (Å²) < 4.78 is 10.3. The van der Waals surface area contributed by atoms with Crippen molar-refractivity contribution in [3.8, 4) is 6.07 Å². The van der Waals surface area contributed by atoms with E-state index in [1.165, 1.54) is 14.2 Å². The van der Waals surface area contributed by atoms with Gasteiger partial charge >= 0.3 is 0 Å². The Morgan fingerprint density at radius 2 is 1.83 bits per heavy atom. The minimum Gasteiger partial charge on any atom is -0.356 e. The van der Waals surface area contributed by atoms with E-state index < -0.39 is 12.3 Å². The summed E-state index contributed by atoms with van der Waals surface area (Å²) in [5.74, 6) is -0.105. The zero-order valence-electron chi connectivity index (χ0n) is 18.3. The number of nitrogens with zero attached hydrogens (tertiary/aromatic N) is 2. The second-order valence-electron chi connectivity index (χ2n) is 7.42. The Balaban J connectivity index is 4.89. The first kappa shape index (κ1) is 27.2. The monoisotopic (exact) mass is 410 g/mol. The molecule has 0 rings (SSSR count). The first-order valence-corrected chi connectivity index (χ1v) is 10.7. The molecular formula is C22H38N2O5. The maximum Gasteiger partial charge on any atom is 0.221 e. The van der Waals surface area contributed by atoms with Gasteiger partial charge in [0.25, 0.3) is 0 Å². The van der Waals surface area contributed by atoms with Crippen molar-refractivity contribution in [2.45, 2.75) is 96.3 Å². The number of unbranched alkanes of at least 4 members (excludes halogenated alkanes) is 6. The summed E-state index contributed by atoms with van der Waals surface area (Å²) in [5, 5.41) is 20.3. The molecular weight excluding hydrogens is 372 g/mol. The highest BCUT2D eigenvalue weighted by Gasteiger charge is 2.33. The largest absolute Gasteiger partial charge is 0.356 e. The van der Waals surface area contributed by atoms with Crippen molar-refractivity contribution in [3.63, 3.8) is 0 Å². The fourth-order valence-electron chi connectivity index (χ4n) is 3.37. The topological polar surface area (TPSA) is 102 Å². The molecule has 0 N–H and O–H groups in total. The molecule has 2 atom stereocenters. The zero-order valence-corrected chi connectivity index (χ0v) is 18.3. The molecule has 0 aromatic carbocycles. The fraction of sp³-hybridized carbons (Fsp3) is 0.818. The summed E-state index contributed by atoms with van der Waals surface area (Å²) in [6, 6.07) is 1.34. The third-order valence-corrected chi connectivity index (χ3v) is 5.16. The number of nitro groups is 1. The summed E-state index contributed by atoms with van der Waals surface area (Å²) in [7, 11) is 2.95. The van der Waals surface area contributed by atoms with Gasteiger partial charge in [0, 0.05) is 37.9 Å². The van der Waals surface area contributed by atoms with E-state index >= 15 is 0 Å². The van der Waals surface area contributed by atoms with Crippen molar-refractivity contribution in [2.24, 2.45) is 5.92 Å². The van der Waals surface area contributed by atoms with Crippen molar-refractivity contribution in [1.29, 1.82) is 5.26 Å². The lowest BCUT2D eigenvalue weighted by molar-refractivity contribution is -0.537. The molecule has 0 aromatic rings. The molecule has 7 nitrogen and oxygen atoms in total. The fourth-order valence-corrected chi connectivity index (χ4v) is 3.37. The van der Waals surface area contributed by atoms with E-state index in [2.05, 4.69) is 13.0 Å². The highest BCUT2D eigenvalue weighted by Crippen LogP contribution is 2.25. The van der Waals surface area contributed by atoms with E-state index in [1.54, 1.807) is 12.2 Å². The molecule has 0 spiro atoms. The van der Waals surface area contributed by atoms with Gasteiger partial charge in [-0.2, -0.15) is 5.26 Å². The van der Waals surface area contributed by atoms with E-state index in [-0.39, 0.29) is 23.0 Å². The van der Waals surface area contributed by atoms with Crippen LogP contribution in [-0.4, -0.2) is 37.3 Å². The molecule has 0 aliphatic carbocycles. The number of hydrogen-bond acceptors (Lipinski definition) is 6. The van der Waals surface area contributed by atoms with Crippen LogP contribution >= 0.6 is 0 Å². The molecule has 0 bridgehead atoms. The second-order valence-corrected chi connectivity index (χ2v) is 7.42. The average Bonchev–Trinajstić information content (AvgIpc) is 2.70. The molecule has 0 amide bonds. The van der Waals surface area contributed by atoms with Crippen LogP contribution in [0.25, 0.3) is 0 Å². The Hall–Kier alpha value is -1.78. The van der Waals surface area contributed by atoms with E-state index in [9.17, 15) is 14.9 Å². The smallest absolute Gasteiger partial charge is 0.221 e. The minimum atomic E-state index is -0.793. The Labute approximate surface area is 175 Å². The predicted molar refractivity (Wildman–Crippen MR) is 113 cm³/mol. The van der Waals surface area contributed by atoms with Crippen LogP contribution in [0.4, 0.5) is 0 Å². The molecule has 0 aromatic heterocycles. The summed E-state index contributed by atoms with van der Waals surface area (Å²) in [4.78, 5) is 23.4. The van der Waals surface area contributed by atoms with Crippen LogP contribution < -0.4 is 0 Å². The van der Waals surface area contributed by atoms with Crippen LogP contribution in [0.1, 0.15) is 84.0 Å². The van der Waals surface area contributed by atoms with Crippen LogP contribution in [0.5, 0.6) is 0 Å². The van der Waals surface area contributed by atoms with Gasteiger partial charge < -0.3 is 9.47 Å². The molecule has 0 saturated heterocycles. The molecule has 0 heterocycles. The van der Waals surface area contributed by atoms with Crippen molar-refractivity contribution >= 4 is 5.78 Å². The van der Waals surface area contributed by atoms with Gasteiger partial charge in [0.15, 0.2) is 12.1 Å². The van der Waals surface area contributed by atoms with Gasteiger partial charge in [0.05, 0.1) is 12.5 Å². The Morgan fingerprint density at radius 1 is 1.14 bits per heavy atom. The molecule has 29 heavy (non-hydrogen) atoms. The summed E-state index contributed by atoms with van der Waals surface area (Å²) >= 11 is 0. The van der Waals surface area contributed by atoms with Gasteiger partial charge in [-0.15, -0.1) is 0 Å². The second kappa shape index (κ2) is 18.3. The number of allylic oxidation sites excluding steroid dienone is 2. The predicted octanol–water partition coefficient (Wildman–Crippen LogP) is 5.22.